The van der Waals surface area contributed by atoms with Gasteiger partial charge in [0.15, 0.2) is 0 Å². The first-order chi connectivity index (χ1) is 7.03. The summed E-state index contributed by atoms with van der Waals surface area (Å²) in [6, 6.07) is 1.56. The summed E-state index contributed by atoms with van der Waals surface area (Å²) in [5.74, 6) is 0.0919. The van der Waals surface area contributed by atoms with Crippen molar-refractivity contribution < 1.29 is 13.2 Å². The highest BCUT2D eigenvalue weighted by molar-refractivity contribution is 9.09. The van der Waals surface area contributed by atoms with Gasteiger partial charge < -0.3 is 4.90 Å². The second-order valence-corrected chi connectivity index (χ2v) is 3.57. The summed E-state index contributed by atoms with van der Waals surface area (Å²) in [6.07, 6.45) is -1.42. The van der Waals surface area contributed by atoms with Crippen LogP contribution in [0, 0.1) is 0 Å². The first kappa shape index (κ1) is 12.2. The molecular formula is C8H9BrF3N3. The van der Waals surface area contributed by atoms with Gasteiger partial charge in [-0.3, -0.25) is 0 Å². The Morgan fingerprint density at radius 2 is 1.87 bits per heavy atom. The lowest BCUT2D eigenvalue weighted by molar-refractivity contribution is -0.119. The largest absolute Gasteiger partial charge is 0.406 e. The van der Waals surface area contributed by atoms with Gasteiger partial charge in [0.25, 0.3) is 0 Å². The van der Waals surface area contributed by atoms with Gasteiger partial charge in [0.05, 0.1) is 0 Å². The van der Waals surface area contributed by atoms with Crippen molar-refractivity contribution in [2.24, 2.45) is 0 Å². The minimum atomic E-state index is -4.25. The maximum atomic E-state index is 12.2. The number of hydrogen-bond donors (Lipinski definition) is 0. The van der Waals surface area contributed by atoms with E-state index in [9.17, 15) is 13.2 Å². The molecule has 7 heteroatoms. The van der Waals surface area contributed by atoms with Gasteiger partial charge in [-0.15, -0.1) is 0 Å². The topological polar surface area (TPSA) is 29.0 Å². The van der Waals surface area contributed by atoms with Crippen molar-refractivity contribution in [3.05, 3.63) is 18.5 Å². The normalized spacial score (nSPS) is 11.5. The minimum Gasteiger partial charge on any atom is -0.331 e. The molecule has 0 spiro atoms. The predicted octanol–water partition coefficient (Wildman–Crippen LogP) is 2.24. The van der Waals surface area contributed by atoms with E-state index in [1.165, 1.54) is 12.4 Å². The van der Waals surface area contributed by atoms with Gasteiger partial charge in [0.1, 0.15) is 6.54 Å². The van der Waals surface area contributed by atoms with Crippen LogP contribution in [0.5, 0.6) is 0 Å². The molecule has 0 unspecified atom stereocenters. The Bertz CT molecular complexity index is 291. The lowest BCUT2D eigenvalue weighted by atomic mass is 10.5. The SMILES string of the molecule is FC(F)(F)CN(CCBr)c1ncccn1. The Morgan fingerprint density at radius 3 is 2.33 bits per heavy atom. The Kier molecular flexibility index (Phi) is 4.31. The van der Waals surface area contributed by atoms with Crippen molar-refractivity contribution in [1.82, 2.24) is 9.97 Å². The second kappa shape index (κ2) is 5.29. The lowest BCUT2D eigenvalue weighted by Gasteiger charge is -2.22. The highest BCUT2D eigenvalue weighted by Gasteiger charge is 2.31. The maximum absolute atomic E-state index is 12.2. The summed E-state index contributed by atoms with van der Waals surface area (Å²) in [7, 11) is 0. The Labute approximate surface area is 93.5 Å². The monoisotopic (exact) mass is 283 g/mol. The standard InChI is InChI=1S/C8H9BrF3N3/c9-2-5-15(6-8(10,11)12)7-13-3-1-4-14-7/h1,3-4H,2,5-6H2. The lowest BCUT2D eigenvalue weighted by Crippen LogP contribution is -2.36. The zero-order chi connectivity index (χ0) is 11.3. The second-order valence-electron chi connectivity index (χ2n) is 2.77. The number of alkyl halides is 4. The van der Waals surface area contributed by atoms with E-state index in [0.717, 1.165) is 4.90 Å². The first-order valence-corrected chi connectivity index (χ1v) is 5.30. The van der Waals surface area contributed by atoms with Crippen LogP contribution >= 0.6 is 15.9 Å². The molecule has 1 heterocycles. The molecule has 0 aromatic carbocycles. The fourth-order valence-electron chi connectivity index (χ4n) is 1.02. The molecule has 84 valence electrons. The van der Waals surface area contributed by atoms with E-state index in [2.05, 4.69) is 25.9 Å². The molecule has 0 aliphatic rings. The summed E-state index contributed by atoms with van der Waals surface area (Å²) in [5, 5.41) is 0.432. The van der Waals surface area contributed by atoms with Crippen LogP contribution in [0.15, 0.2) is 18.5 Å². The summed E-state index contributed by atoms with van der Waals surface area (Å²) in [5.41, 5.74) is 0. The third-order valence-corrected chi connectivity index (χ3v) is 1.91. The Morgan fingerprint density at radius 1 is 1.27 bits per heavy atom. The van der Waals surface area contributed by atoms with Crippen LogP contribution < -0.4 is 4.90 Å². The third-order valence-electron chi connectivity index (χ3n) is 1.56. The van der Waals surface area contributed by atoms with Crippen LogP contribution in [0.4, 0.5) is 19.1 Å². The van der Waals surface area contributed by atoms with Crippen LogP contribution in [0.25, 0.3) is 0 Å². The van der Waals surface area contributed by atoms with E-state index in [-0.39, 0.29) is 12.5 Å². The van der Waals surface area contributed by atoms with Crippen LogP contribution in [-0.2, 0) is 0 Å². The van der Waals surface area contributed by atoms with Gasteiger partial charge >= 0.3 is 6.18 Å². The smallest absolute Gasteiger partial charge is 0.331 e. The van der Waals surface area contributed by atoms with E-state index in [0.29, 0.717) is 5.33 Å². The van der Waals surface area contributed by atoms with E-state index in [1.807, 2.05) is 0 Å². The van der Waals surface area contributed by atoms with Gasteiger partial charge in [-0.05, 0) is 6.07 Å². The van der Waals surface area contributed by atoms with Crippen LogP contribution in [0.2, 0.25) is 0 Å². The van der Waals surface area contributed by atoms with Gasteiger partial charge in [0.2, 0.25) is 5.95 Å². The highest BCUT2D eigenvalue weighted by Crippen LogP contribution is 2.19. The molecule has 0 atom stereocenters. The Balaban J connectivity index is 2.75. The molecule has 0 fully saturated rings. The summed E-state index contributed by atoms with van der Waals surface area (Å²) < 4.78 is 36.6. The van der Waals surface area contributed by atoms with Crippen LogP contribution in [0.1, 0.15) is 0 Å². The van der Waals surface area contributed by atoms with Gasteiger partial charge in [0, 0.05) is 24.3 Å². The third kappa shape index (κ3) is 4.46. The molecule has 1 aromatic heterocycles. The number of anilines is 1. The van der Waals surface area contributed by atoms with E-state index in [4.69, 9.17) is 0 Å². The average Bonchev–Trinajstić information content (AvgIpc) is 2.17. The van der Waals surface area contributed by atoms with Gasteiger partial charge in [-0.1, -0.05) is 15.9 Å². The van der Waals surface area contributed by atoms with Gasteiger partial charge in [-0.25, -0.2) is 9.97 Å². The number of halogens is 4. The zero-order valence-corrected chi connectivity index (χ0v) is 9.29. The Hall–Kier alpha value is -0.850. The molecule has 0 amide bonds. The molecule has 0 N–H and O–H groups in total. The predicted molar refractivity (Wildman–Crippen MR) is 54.1 cm³/mol. The molecular weight excluding hydrogens is 275 g/mol. The van der Waals surface area contributed by atoms with Crippen LogP contribution in [-0.4, -0.2) is 34.6 Å². The highest BCUT2D eigenvalue weighted by atomic mass is 79.9. The average molecular weight is 284 g/mol. The summed E-state index contributed by atoms with van der Waals surface area (Å²) in [4.78, 5) is 8.63. The van der Waals surface area contributed by atoms with Crippen molar-refractivity contribution in [2.75, 3.05) is 23.3 Å². The molecule has 0 aliphatic carbocycles. The molecule has 3 nitrogen and oxygen atoms in total. The fraction of sp³-hybridized carbons (Fsp3) is 0.500. The molecule has 0 aliphatic heterocycles. The number of aromatic nitrogens is 2. The van der Waals surface area contributed by atoms with Crippen LogP contribution in [0.3, 0.4) is 0 Å². The summed E-state index contributed by atoms with van der Waals surface area (Å²) in [6.45, 7) is -0.827. The van der Waals surface area contributed by atoms with Crippen molar-refractivity contribution in [2.45, 2.75) is 6.18 Å². The molecule has 0 radical (unpaired) electrons. The van der Waals surface area contributed by atoms with E-state index >= 15 is 0 Å². The van der Waals surface area contributed by atoms with E-state index < -0.39 is 12.7 Å². The van der Waals surface area contributed by atoms with Crippen molar-refractivity contribution in [1.29, 1.82) is 0 Å². The van der Waals surface area contributed by atoms with Crippen molar-refractivity contribution in [3.8, 4) is 0 Å². The molecule has 0 saturated heterocycles. The summed E-state index contributed by atoms with van der Waals surface area (Å²) >= 11 is 3.09. The van der Waals surface area contributed by atoms with E-state index in [1.54, 1.807) is 6.07 Å². The zero-order valence-electron chi connectivity index (χ0n) is 7.71. The molecule has 0 bridgehead atoms. The molecule has 0 saturated carbocycles. The maximum Gasteiger partial charge on any atom is 0.406 e. The van der Waals surface area contributed by atoms with Crippen molar-refractivity contribution >= 4 is 21.9 Å². The minimum absolute atomic E-state index is 0.0919. The van der Waals surface area contributed by atoms with Crippen molar-refractivity contribution in [3.63, 3.8) is 0 Å². The fourth-order valence-corrected chi connectivity index (χ4v) is 1.45. The first-order valence-electron chi connectivity index (χ1n) is 4.17. The molecule has 1 rings (SSSR count). The number of hydrogen-bond acceptors (Lipinski definition) is 3. The van der Waals surface area contributed by atoms with Gasteiger partial charge in [-0.2, -0.15) is 13.2 Å². The number of nitrogens with zero attached hydrogens (tertiary/aromatic N) is 3. The molecule has 1 aromatic rings. The molecule has 15 heavy (non-hydrogen) atoms. The quantitative estimate of drug-likeness (QED) is 0.794. The number of rotatable bonds is 4.